The van der Waals surface area contributed by atoms with Crippen molar-refractivity contribution in [2.75, 3.05) is 10.6 Å². The molecule has 3 aromatic rings. The number of rotatable bonds is 5. The second-order valence-corrected chi connectivity index (χ2v) is 10.2. The van der Waals surface area contributed by atoms with E-state index in [-0.39, 0.29) is 15.6 Å². The minimum atomic E-state index is -1.40. The summed E-state index contributed by atoms with van der Waals surface area (Å²) in [4.78, 5) is 25.7. The van der Waals surface area contributed by atoms with Crippen molar-refractivity contribution in [1.29, 1.82) is 0 Å². The molecule has 1 fully saturated rings. The van der Waals surface area contributed by atoms with E-state index in [1.54, 1.807) is 6.92 Å². The maximum atomic E-state index is 13.5. The summed E-state index contributed by atoms with van der Waals surface area (Å²) in [5.41, 5.74) is 1.88. The predicted octanol–water partition coefficient (Wildman–Crippen LogP) is 7.36. The molecule has 34 heavy (non-hydrogen) atoms. The monoisotopic (exact) mass is 542 g/mol. The molecule has 2 unspecified atom stereocenters. The van der Waals surface area contributed by atoms with E-state index < -0.39 is 39.6 Å². The summed E-state index contributed by atoms with van der Waals surface area (Å²) in [6.07, 6.45) is 0. The fraction of sp³-hybridized carbons (Fsp3) is 0.167. The number of halogens is 6. The Labute approximate surface area is 214 Å². The van der Waals surface area contributed by atoms with E-state index in [2.05, 4.69) is 10.6 Å². The minimum absolute atomic E-state index is 0.0996. The quantitative estimate of drug-likeness (QED) is 0.330. The van der Waals surface area contributed by atoms with Gasteiger partial charge in [0, 0.05) is 17.3 Å². The topological polar surface area (TPSA) is 58.2 Å². The molecule has 2 atom stereocenters. The summed E-state index contributed by atoms with van der Waals surface area (Å²) >= 11 is 24.7. The molecule has 4 nitrogen and oxygen atoms in total. The van der Waals surface area contributed by atoms with Crippen molar-refractivity contribution < 1.29 is 18.4 Å². The zero-order valence-corrected chi connectivity index (χ0v) is 20.5. The maximum Gasteiger partial charge on any atom is 0.257 e. The first kappa shape index (κ1) is 24.7. The normalized spacial score (nSPS) is 18.3. The molecule has 10 heteroatoms. The van der Waals surface area contributed by atoms with Gasteiger partial charge in [-0.2, -0.15) is 0 Å². The van der Waals surface area contributed by atoms with Crippen molar-refractivity contribution >= 4 is 69.6 Å². The molecule has 2 amide bonds. The van der Waals surface area contributed by atoms with Gasteiger partial charge in [-0.05, 0) is 66.6 Å². The Kier molecular flexibility index (Phi) is 6.80. The van der Waals surface area contributed by atoms with Crippen molar-refractivity contribution in [2.24, 2.45) is 5.92 Å². The van der Waals surface area contributed by atoms with Crippen LogP contribution in [0.25, 0.3) is 0 Å². The average Bonchev–Trinajstić information content (AvgIpc) is 3.35. The molecular formula is C24H16Cl4F2N2O2. The van der Waals surface area contributed by atoms with Crippen LogP contribution in [0.15, 0.2) is 54.6 Å². The number of benzene rings is 3. The molecule has 0 bridgehead atoms. The summed E-state index contributed by atoms with van der Waals surface area (Å²) in [5, 5.41) is 5.42. The molecule has 4 rings (SSSR count). The first-order valence-corrected chi connectivity index (χ1v) is 11.5. The fourth-order valence-electron chi connectivity index (χ4n) is 3.73. The van der Waals surface area contributed by atoms with Gasteiger partial charge < -0.3 is 10.6 Å². The number of anilines is 2. The van der Waals surface area contributed by atoms with Crippen molar-refractivity contribution in [3.8, 4) is 0 Å². The van der Waals surface area contributed by atoms with Gasteiger partial charge in [-0.3, -0.25) is 9.59 Å². The third kappa shape index (κ3) is 4.86. The Hall–Kier alpha value is -2.38. The zero-order chi connectivity index (χ0) is 24.8. The van der Waals surface area contributed by atoms with E-state index >= 15 is 0 Å². The van der Waals surface area contributed by atoms with E-state index in [4.69, 9.17) is 46.4 Å². The zero-order valence-electron chi connectivity index (χ0n) is 17.4. The van der Waals surface area contributed by atoms with E-state index in [0.29, 0.717) is 22.5 Å². The van der Waals surface area contributed by atoms with Crippen LogP contribution in [0.1, 0.15) is 27.4 Å². The number of amides is 2. The van der Waals surface area contributed by atoms with Gasteiger partial charge in [0.1, 0.15) is 16.0 Å². The summed E-state index contributed by atoms with van der Waals surface area (Å²) in [6, 6.07) is 12.4. The molecule has 1 saturated carbocycles. The minimum Gasteiger partial charge on any atom is -0.326 e. The predicted molar refractivity (Wildman–Crippen MR) is 131 cm³/mol. The highest BCUT2D eigenvalue weighted by molar-refractivity contribution is 6.53. The van der Waals surface area contributed by atoms with Gasteiger partial charge in [0.05, 0.1) is 21.5 Å². The standard InChI is InChI=1S/C24H16Cl4F2N2O2/c1-11-8-13(29)3-7-19(11)32-22(33)15-10-14(4-5-16(15)25)31-23(34)21-20(24(21,27)28)12-2-6-18(30)17(26)9-12/h2-10,20-21H,1H3,(H,31,34)(H,32,33). The van der Waals surface area contributed by atoms with E-state index in [1.807, 2.05) is 0 Å². The van der Waals surface area contributed by atoms with Crippen molar-refractivity contribution in [3.63, 3.8) is 0 Å². The first-order valence-electron chi connectivity index (χ1n) is 9.99. The molecule has 1 aliphatic carbocycles. The molecule has 0 saturated heterocycles. The highest BCUT2D eigenvalue weighted by Gasteiger charge is 2.67. The Morgan fingerprint density at radius 3 is 2.32 bits per heavy atom. The lowest BCUT2D eigenvalue weighted by atomic mass is 10.1. The van der Waals surface area contributed by atoms with E-state index in [1.165, 1.54) is 54.6 Å². The Morgan fingerprint density at radius 2 is 1.65 bits per heavy atom. The lowest BCUT2D eigenvalue weighted by Crippen LogP contribution is -2.18. The average molecular weight is 544 g/mol. The number of hydrogen-bond donors (Lipinski definition) is 2. The molecule has 0 heterocycles. The summed E-state index contributed by atoms with van der Waals surface area (Å²) < 4.78 is 25.4. The van der Waals surface area contributed by atoms with Gasteiger partial charge in [-0.25, -0.2) is 8.78 Å². The van der Waals surface area contributed by atoms with Crippen LogP contribution in [0.5, 0.6) is 0 Å². The molecule has 176 valence electrons. The molecule has 2 N–H and O–H groups in total. The molecule has 1 aliphatic rings. The molecule has 0 spiro atoms. The molecule has 0 aromatic heterocycles. The third-order valence-corrected chi connectivity index (χ3v) is 7.11. The van der Waals surface area contributed by atoms with Crippen LogP contribution in [0, 0.1) is 24.5 Å². The van der Waals surface area contributed by atoms with Gasteiger partial charge in [0.25, 0.3) is 5.91 Å². The van der Waals surface area contributed by atoms with Gasteiger partial charge >= 0.3 is 0 Å². The Balaban J connectivity index is 1.51. The van der Waals surface area contributed by atoms with Crippen LogP contribution >= 0.6 is 46.4 Å². The van der Waals surface area contributed by atoms with Gasteiger partial charge in [-0.1, -0.05) is 29.3 Å². The second kappa shape index (κ2) is 9.34. The van der Waals surface area contributed by atoms with Crippen LogP contribution in [0.4, 0.5) is 20.2 Å². The van der Waals surface area contributed by atoms with Crippen molar-refractivity contribution in [1.82, 2.24) is 0 Å². The number of hydrogen-bond acceptors (Lipinski definition) is 2. The highest BCUT2D eigenvalue weighted by atomic mass is 35.5. The van der Waals surface area contributed by atoms with Crippen LogP contribution in [0.3, 0.4) is 0 Å². The van der Waals surface area contributed by atoms with Crippen LogP contribution in [0.2, 0.25) is 10.0 Å². The Morgan fingerprint density at radius 1 is 0.912 bits per heavy atom. The van der Waals surface area contributed by atoms with E-state index in [9.17, 15) is 18.4 Å². The molecule has 0 radical (unpaired) electrons. The fourth-order valence-corrected chi connectivity index (χ4v) is 4.95. The third-order valence-electron chi connectivity index (χ3n) is 5.55. The number of aryl methyl sites for hydroxylation is 1. The Bertz CT molecular complexity index is 1320. The lowest BCUT2D eigenvalue weighted by Gasteiger charge is -2.12. The van der Waals surface area contributed by atoms with Gasteiger partial charge in [0.15, 0.2) is 0 Å². The first-order chi connectivity index (χ1) is 16.0. The number of alkyl halides is 2. The lowest BCUT2D eigenvalue weighted by molar-refractivity contribution is -0.117. The molecule has 3 aromatic carbocycles. The van der Waals surface area contributed by atoms with Crippen molar-refractivity contribution in [3.05, 3.63) is 93.0 Å². The van der Waals surface area contributed by atoms with Crippen molar-refractivity contribution in [2.45, 2.75) is 17.2 Å². The largest absolute Gasteiger partial charge is 0.326 e. The summed E-state index contributed by atoms with van der Waals surface area (Å²) in [5.74, 6) is -3.46. The second-order valence-electron chi connectivity index (χ2n) is 7.90. The van der Waals surface area contributed by atoms with Gasteiger partial charge in [-0.15, -0.1) is 23.2 Å². The summed E-state index contributed by atoms with van der Waals surface area (Å²) in [6.45, 7) is 1.65. The van der Waals surface area contributed by atoms with Gasteiger partial charge in [0.2, 0.25) is 5.91 Å². The SMILES string of the molecule is Cc1cc(F)ccc1NC(=O)c1cc(NC(=O)C2C(c3ccc(F)c(Cl)c3)C2(Cl)Cl)ccc1Cl. The van der Waals surface area contributed by atoms with Crippen LogP contribution in [-0.2, 0) is 4.79 Å². The molecular weight excluding hydrogens is 528 g/mol. The summed E-state index contributed by atoms with van der Waals surface area (Å²) in [7, 11) is 0. The van der Waals surface area contributed by atoms with Crippen LogP contribution < -0.4 is 10.6 Å². The highest BCUT2D eigenvalue weighted by Crippen LogP contribution is 2.65. The number of nitrogens with one attached hydrogen (secondary N) is 2. The maximum absolute atomic E-state index is 13.5. The number of carbonyl (C=O) groups excluding carboxylic acids is 2. The molecule has 0 aliphatic heterocycles. The number of carbonyl (C=O) groups is 2. The smallest absolute Gasteiger partial charge is 0.257 e. The van der Waals surface area contributed by atoms with Crippen LogP contribution in [-0.4, -0.2) is 16.1 Å². The van der Waals surface area contributed by atoms with E-state index in [0.717, 1.165) is 0 Å².